The fraction of sp³-hybridized carbons (Fsp3) is 0.816. The molecular weight excluding hydrogens is 765 g/mol. The summed E-state index contributed by atoms with van der Waals surface area (Å²) in [6.45, 7) is 5.67. The smallest absolute Gasteiger partial charge is 0.334 e. The first-order valence-electron chi connectivity index (χ1n) is 23.6. The quantitative estimate of drug-likeness (QED) is 0.0358. The molecule has 7 atom stereocenters. The van der Waals surface area contributed by atoms with Gasteiger partial charge in [-0.05, 0) is 63.5 Å². The molecule has 1 aromatic carbocycles. The largest absolute Gasteiger partial charge is 0.455 e. The highest BCUT2D eigenvalue weighted by atomic mass is 16.7. The van der Waals surface area contributed by atoms with E-state index in [2.05, 4.69) is 19.1 Å². The van der Waals surface area contributed by atoms with E-state index < -0.39 is 0 Å². The van der Waals surface area contributed by atoms with E-state index >= 15 is 0 Å². The number of unbranched alkanes of at least 4 members (excludes halogenated alkanes) is 12. The summed E-state index contributed by atoms with van der Waals surface area (Å²) in [5.41, 5.74) is 1.83. The second-order valence-corrected chi connectivity index (χ2v) is 16.8. The number of hydrogen-bond donors (Lipinski definition) is 0. The summed E-state index contributed by atoms with van der Waals surface area (Å²) in [5.74, 6) is -0.239. The molecule has 0 bridgehead atoms. The summed E-state index contributed by atoms with van der Waals surface area (Å²) < 4.78 is 58.6. The molecule has 2 aliphatic heterocycles. The monoisotopic (exact) mass is 849 g/mol. The average molecular weight is 849 g/mol. The lowest BCUT2D eigenvalue weighted by molar-refractivity contribution is -0.165. The minimum atomic E-state index is -0.239. The second kappa shape index (κ2) is 34.5. The minimum absolute atomic E-state index is 0.00656. The Kier molecular flexibility index (Phi) is 30.2. The van der Waals surface area contributed by atoms with Gasteiger partial charge >= 0.3 is 5.97 Å². The van der Waals surface area contributed by atoms with Crippen molar-refractivity contribution in [2.75, 3.05) is 48.5 Å². The van der Waals surface area contributed by atoms with Gasteiger partial charge in [0.15, 0.2) is 0 Å². The summed E-state index contributed by atoms with van der Waals surface area (Å²) >= 11 is 0. The summed E-state index contributed by atoms with van der Waals surface area (Å²) in [5, 5.41) is 0. The molecular formula is C49H84O11. The Morgan fingerprint density at radius 1 is 0.600 bits per heavy atom. The van der Waals surface area contributed by atoms with Gasteiger partial charge in [-0.1, -0.05) is 134 Å². The number of methoxy groups -OCH3 is 3. The zero-order valence-corrected chi connectivity index (χ0v) is 38.3. The van der Waals surface area contributed by atoms with Crippen LogP contribution < -0.4 is 0 Å². The summed E-state index contributed by atoms with van der Waals surface area (Å²) in [4.78, 5) is 12.2. The van der Waals surface area contributed by atoms with E-state index in [1.54, 1.807) is 21.3 Å². The normalized spacial score (nSPS) is 20.0. The van der Waals surface area contributed by atoms with Crippen LogP contribution in [0, 0.1) is 0 Å². The Bertz CT molecular complexity index is 1200. The van der Waals surface area contributed by atoms with Crippen molar-refractivity contribution < 1.29 is 52.2 Å². The Labute approximate surface area is 364 Å². The highest BCUT2D eigenvalue weighted by Gasteiger charge is 2.36. The Balaban J connectivity index is 1.46. The standard InChI is InChI=1S/C49H84O11/c1-6-7-8-9-10-11-12-13-14-21-29-45(57-38-53-5)47-31-32-48(60-47)46(58-39-54-35-41-24-17-15-18-25-41)30-23-22-27-43(55-36-51-3)26-19-16-20-28-44(56-37-52-4)34-42-33-40(2)59-49(42)50/h15,17-18,24-25,33,40,43-48H,6-14,16,19-23,26-32,34-39H2,1-5H3/t40-,43?,44+,45-,46+,47-,48-/m0/s1. The summed E-state index contributed by atoms with van der Waals surface area (Å²) in [6, 6.07) is 10.2. The maximum absolute atomic E-state index is 12.2. The highest BCUT2D eigenvalue weighted by Crippen LogP contribution is 2.32. The fourth-order valence-electron chi connectivity index (χ4n) is 8.40. The van der Waals surface area contributed by atoms with Gasteiger partial charge in [-0.15, -0.1) is 0 Å². The maximum Gasteiger partial charge on any atom is 0.334 e. The minimum Gasteiger partial charge on any atom is -0.455 e. The van der Waals surface area contributed by atoms with Gasteiger partial charge in [0.25, 0.3) is 0 Å². The van der Waals surface area contributed by atoms with E-state index in [4.69, 9.17) is 47.4 Å². The number of carbonyl (C=O) groups is 1. The third-order valence-corrected chi connectivity index (χ3v) is 11.7. The third kappa shape index (κ3) is 23.5. The molecule has 2 aliphatic rings. The van der Waals surface area contributed by atoms with E-state index in [1.165, 1.54) is 57.8 Å². The molecule has 11 nitrogen and oxygen atoms in total. The topological polar surface area (TPSA) is 109 Å². The first-order valence-corrected chi connectivity index (χ1v) is 23.6. The van der Waals surface area contributed by atoms with Gasteiger partial charge in [0.1, 0.15) is 33.3 Å². The van der Waals surface area contributed by atoms with Crippen molar-refractivity contribution in [1.29, 1.82) is 0 Å². The van der Waals surface area contributed by atoms with Crippen molar-refractivity contribution >= 4 is 5.97 Å². The zero-order valence-electron chi connectivity index (χ0n) is 38.3. The molecule has 346 valence electrons. The molecule has 0 saturated carbocycles. The number of cyclic esters (lactones) is 1. The molecule has 1 saturated heterocycles. The molecule has 1 aromatic rings. The number of hydrogen-bond acceptors (Lipinski definition) is 11. The van der Waals surface area contributed by atoms with Crippen LogP contribution in [0.4, 0.5) is 0 Å². The van der Waals surface area contributed by atoms with Crippen LogP contribution in [0.1, 0.15) is 167 Å². The Morgan fingerprint density at radius 2 is 1.08 bits per heavy atom. The Morgan fingerprint density at radius 3 is 1.67 bits per heavy atom. The van der Waals surface area contributed by atoms with Crippen molar-refractivity contribution in [3.8, 4) is 0 Å². The molecule has 3 rings (SSSR count). The van der Waals surface area contributed by atoms with E-state index in [1.807, 2.05) is 31.2 Å². The van der Waals surface area contributed by atoms with Crippen LogP contribution in [-0.4, -0.2) is 97.2 Å². The van der Waals surface area contributed by atoms with Crippen molar-refractivity contribution in [2.24, 2.45) is 0 Å². The lowest BCUT2D eigenvalue weighted by Crippen LogP contribution is -2.34. The average Bonchev–Trinajstić information content (AvgIpc) is 3.87. The number of benzene rings is 1. The fourth-order valence-corrected chi connectivity index (χ4v) is 8.40. The van der Waals surface area contributed by atoms with Gasteiger partial charge in [-0.2, -0.15) is 0 Å². The third-order valence-electron chi connectivity index (χ3n) is 11.7. The molecule has 0 N–H and O–H groups in total. The first kappa shape index (κ1) is 52.4. The number of carbonyl (C=O) groups excluding carboxylic acids is 1. The lowest BCUT2D eigenvalue weighted by atomic mass is 9.98. The van der Waals surface area contributed by atoms with Gasteiger partial charge in [0.2, 0.25) is 0 Å². The maximum atomic E-state index is 12.2. The number of esters is 1. The first-order chi connectivity index (χ1) is 29.5. The molecule has 2 heterocycles. The van der Waals surface area contributed by atoms with E-state index in [0.29, 0.717) is 18.6 Å². The summed E-state index contributed by atoms with van der Waals surface area (Å²) in [6.07, 6.45) is 27.1. The van der Waals surface area contributed by atoms with Crippen LogP contribution >= 0.6 is 0 Å². The van der Waals surface area contributed by atoms with Crippen molar-refractivity contribution in [1.82, 2.24) is 0 Å². The van der Waals surface area contributed by atoms with Crippen LogP contribution in [0.2, 0.25) is 0 Å². The van der Waals surface area contributed by atoms with Gasteiger partial charge in [-0.25, -0.2) is 4.79 Å². The van der Waals surface area contributed by atoms with E-state index in [-0.39, 0.29) is 75.9 Å². The predicted octanol–water partition coefficient (Wildman–Crippen LogP) is 11.1. The Hall–Kier alpha value is -1.93. The summed E-state index contributed by atoms with van der Waals surface area (Å²) in [7, 11) is 4.98. The van der Waals surface area contributed by atoms with Crippen molar-refractivity contribution in [2.45, 2.75) is 211 Å². The van der Waals surface area contributed by atoms with Gasteiger partial charge in [-0.3, -0.25) is 0 Å². The van der Waals surface area contributed by atoms with Crippen LogP contribution in [0.5, 0.6) is 0 Å². The number of ether oxygens (including phenoxy) is 10. The number of rotatable bonds is 40. The molecule has 1 unspecified atom stereocenters. The lowest BCUT2D eigenvalue weighted by Gasteiger charge is -2.27. The molecule has 0 amide bonds. The highest BCUT2D eigenvalue weighted by molar-refractivity contribution is 5.90. The molecule has 0 aromatic heterocycles. The van der Waals surface area contributed by atoms with E-state index in [0.717, 1.165) is 89.0 Å². The molecule has 11 heteroatoms. The van der Waals surface area contributed by atoms with Gasteiger partial charge in [0, 0.05) is 33.3 Å². The van der Waals surface area contributed by atoms with Gasteiger partial charge in [0.05, 0.1) is 43.2 Å². The van der Waals surface area contributed by atoms with Crippen molar-refractivity contribution in [3.63, 3.8) is 0 Å². The zero-order chi connectivity index (χ0) is 42.9. The van der Waals surface area contributed by atoms with Crippen LogP contribution in [0.25, 0.3) is 0 Å². The SMILES string of the molecule is CCCCCCCCCCCC[C@H](OCOC)[C@@H]1CC[C@@H]([C@@H](CCCCC(CCCCC[C@H](CC2=C[C@H](C)OC2=O)OCOC)OCOC)OCOCc2ccccc2)O1. The molecule has 0 aliphatic carbocycles. The second-order valence-electron chi connectivity index (χ2n) is 16.8. The molecule has 60 heavy (non-hydrogen) atoms. The van der Waals surface area contributed by atoms with Gasteiger partial charge < -0.3 is 47.4 Å². The van der Waals surface area contributed by atoms with Crippen molar-refractivity contribution in [3.05, 3.63) is 47.5 Å². The van der Waals surface area contributed by atoms with Crippen LogP contribution in [0.15, 0.2) is 42.0 Å². The molecule has 0 spiro atoms. The van der Waals surface area contributed by atoms with Crippen LogP contribution in [-0.2, 0) is 58.8 Å². The van der Waals surface area contributed by atoms with E-state index in [9.17, 15) is 4.79 Å². The molecule has 1 fully saturated rings. The predicted molar refractivity (Wildman–Crippen MR) is 235 cm³/mol. The molecule has 0 radical (unpaired) electrons. The van der Waals surface area contributed by atoms with Crippen LogP contribution in [0.3, 0.4) is 0 Å².